The summed E-state index contributed by atoms with van der Waals surface area (Å²) in [7, 11) is 0. The van der Waals surface area contributed by atoms with Crippen LogP contribution in [-0.4, -0.2) is 40.6 Å². The Labute approximate surface area is 174 Å². The zero-order valence-corrected chi connectivity index (χ0v) is 16.9. The first-order chi connectivity index (χ1) is 14.1. The summed E-state index contributed by atoms with van der Waals surface area (Å²) in [6, 6.07) is 14.6. The van der Waals surface area contributed by atoms with Crippen molar-refractivity contribution in [2.75, 3.05) is 19.7 Å². The third-order valence-corrected chi connectivity index (χ3v) is 5.32. The van der Waals surface area contributed by atoms with E-state index in [0.717, 1.165) is 37.1 Å². The van der Waals surface area contributed by atoms with E-state index >= 15 is 0 Å². The summed E-state index contributed by atoms with van der Waals surface area (Å²) < 4.78 is 11.1. The Bertz CT molecular complexity index is 996. The van der Waals surface area contributed by atoms with Crippen LogP contribution in [0.15, 0.2) is 53.1 Å². The van der Waals surface area contributed by atoms with E-state index in [9.17, 15) is 4.79 Å². The number of rotatable bonds is 5. The first-order valence-electron chi connectivity index (χ1n) is 9.69. The molecule has 1 aliphatic heterocycles. The Hall–Kier alpha value is -2.86. The van der Waals surface area contributed by atoms with Crippen LogP contribution in [-0.2, 0) is 4.79 Å². The first kappa shape index (κ1) is 19.5. The topological polar surface area (TPSA) is 68.5 Å². The number of amides is 1. The van der Waals surface area contributed by atoms with Gasteiger partial charge in [-0.05, 0) is 49.1 Å². The molecule has 1 fully saturated rings. The van der Waals surface area contributed by atoms with Crippen molar-refractivity contribution in [1.82, 2.24) is 15.0 Å². The van der Waals surface area contributed by atoms with Crippen molar-refractivity contribution in [1.29, 1.82) is 0 Å². The van der Waals surface area contributed by atoms with Crippen LogP contribution < -0.4 is 4.74 Å². The van der Waals surface area contributed by atoms with Gasteiger partial charge in [0.2, 0.25) is 5.82 Å². The molecule has 0 bridgehead atoms. The van der Waals surface area contributed by atoms with Crippen molar-refractivity contribution in [3.63, 3.8) is 0 Å². The first-order valence-corrected chi connectivity index (χ1v) is 10.1. The molecule has 4 rings (SSSR count). The van der Waals surface area contributed by atoms with E-state index in [-0.39, 0.29) is 12.5 Å². The number of piperidine rings is 1. The third kappa shape index (κ3) is 4.77. The number of benzene rings is 2. The molecule has 0 unspecified atom stereocenters. The number of aromatic nitrogens is 2. The Morgan fingerprint density at radius 3 is 2.72 bits per heavy atom. The summed E-state index contributed by atoms with van der Waals surface area (Å²) in [5, 5.41) is 4.65. The Morgan fingerprint density at radius 2 is 1.93 bits per heavy atom. The van der Waals surface area contributed by atoms with Crippen LogP contribution in [0.5, 0.6) is 5.75 Å². The Balaban J connectivity index is 1.42. The van der Waals surface area contributed by atoms with Crippen molar-refractivity contribution in [3.05, 3.63) is 53.6 Å². The van der Waals surface area contributed by atoms with Gasteiger partial charge in [-0.1, -0.05) is 41.9 Å². The summed E-state index contributed by atoms with van der Waals surface area (Å²) in [6.45, 7) is 3.86. The molecule has 2 aromatic carbocycles. The summed E-state index contributed by atoms with van der Waals surface area (Å²) in [5.74, 6) is 2.13. The van der Waals surface area contributed by atoms with Gasteiger partial charge in [-0.15, -0.1) is 0 Å². The van der Waals surface area contributed by atoms with Gasteiger partial charge in [0, 0.05) is 29.2 Å². The monoisotopic (exact) mass is 411 g/mol. The molecule has 1 aliphatic rings. The normalized spacial score (nSPS) is 14.8. The van der Waals surface area contributed by atoms with Crippen LogP contribution in [0, 0.1) is 5.92 Å². The van der Waals surface area contributed by atoms with E-state index < -0.39 is 0 Å². The molecule has 6 nitrogen and oxygen atoms in total. The van der Waals surface area contributed by atoms with Gasteiger partial charge in [-0.2, -0.15) is 4.98 Å². The molecule has 150 valence electrons. The van der Waals surface area contributed by atoms with E-state index in [4.69, 9.17) is 20.9 Å². The highest BCUT2D eigenvalue weighted by molar-refractivity contribution is 6.30. The lowest BCUT2D eigenvalue weighted by molar-refractivity contribution is -0.134. The SMILES string of the molecule is CC1CCN(C(=O)COc2cccc(-c3noc(-c4cccc(Cl)c4)n3)c2)CC1. The standard InChI is InChI=1S/C22H22ClN3O3/c1-15-8-10-26(11-9-15)20(27)14-28-19-7-3-4-16(13-19)21-24-22(29-25-21)17-5-2-6-18(23)12-17/h2-7,12-13,15H,8-11,14H2,1H3. The van der Waals surface area contributed by atoms with Gasteiger partial charge in [0.05, 0.1) is 0 Å². The molecule has 1 amide bonds. The molecule has 0 aliphatic carbocycles. The molecule has 1 saturated heterocycles. The Morgan fingerprint density at radius 1 is 1.17 bits per heavy atom. The maximum absolute atomic E-state index is 12.4. The van der Waals surface area contributed by atoms with Crippen molar-refractivity contribution in [2.24, 2.45) is 5.92 Å². The highest BCUT2D eigenvalue weighted by Crippen LogP contribution is 2.26. The zero-order chi connectivity index (χ0) is 20.2. The third-order valence-electron chi connectivity index (χ3n) is 5.09. The van der Waals surface area contributed by atoms with Crippen molar-refractivity contribution in [2.45, 2.75) is 19.8 Å². The lowest BCUT2D eigenvalue weighted by Gasteiger charge is -2.30. The van der Waals surface area contributed by atoms with Crippen molar-refractivity contribution >= 4 is 17.5 Å². The molecule has 0 saturated carbocycles. The second-order valence-electron chi connectivity index (χ2n) is 7.31. The van der Waals surface area contributed by atoms with Gasteiger partial charge in [0.15, 0.2) is 6.61 Å². The van der Waals surface area contributed by atoms with Gasteiger partial charge >= 0.3 is 0 Å². The van der Waals surface area contributed by atoms with Gasteiger partial charge in [0.25, 0.3) is 11.8 Å². The van der Waals surface area contributed by atoms with Crippen LogP contribution in [0.2, 0.25) is 5.02 Å². The molecule has 7 heteroatoms. The van der Waals surface area contributed by atoms with E-state index in [1.807, 2.05) is 35.2 Å². The number of halogens is 1. The lowest BCUT2D eigenvalue weighted by atomic mass is 9.99. The minimum absolute atomic E-state index is 0.0186. The number of carbonyl (C=O) groups is 1. The zero-order valence-electron chi connectivity index (χ0n) is 16.2. The number of carbonyl (C=O) groups excluding carboxylic acids is 1. The summed E-state index contributed by atoms with van der Waals surface area (Å²) in [4.78, 5) is 18.7. The molecular weight excluding hydrogens is 390 g/mol. The van der Waals surface area contributed by atoms with Crippen LogP contribution in [0.3, 0.4) is 0 Å². The van der Waals surface area contributed by atoms with Gasteiger partial charge in [-0.3, -0.25) is 4.79 Å². The quantitative estimate of drug-likeness (QED) is 0.609. The van der Waals surface area contributed by atoms with Gasteiger partial charge < -0.3 is 14.2 Å². The number of hydrogen-bond donors (Lipinski definition) is 0. The van der Waals surface area contributed by atoms with E-state index in [1.165, 1.54) is 0 Å². The van der Waals surface area contributed by atoms with E-state index in [2.05, 4.69) is 17.1 Å². The summed E-state index contributed by atoms with van der Waals surface area (Å²) in [6.07, 6.45) is 2.10. The van der Waals surface area contributed by atoms with Crippen LogP contribution in [0.25, 0.3) is 22.8 Å². The molecule has 0 radical (unpaired) electrons. The van der Waals surface area contributed by atoms with Crippen LogP contribution in [0.4, 0.5) is 0 Å². The van der Waals surface area contributed by atoms with Crippen LogP contribution >= 0.6 is 11.6 Å². The van der Waals surface area contributed by atoms with Crippen molar-refractivity contribution in [3.8, 4) is 28.6 Å². The number of nitrogens with zero attached hydrogens (tertiary/aromatic N) is 3. The second kappa shape index (κ2) is 8.66. The molecule has 1 aromatic heterocycles. The lowest BCUT2D eigenvalue weighted by Crippen LogP contribution is -2.40. The van der Waals surface area contributed by atoms with E-state index in [1.54, 1.807) is 18.2 Å². The summed E-state index contributed by atoms with van der Waals surface area (Å²) in [5.41, 5.74) is 1.50. The molecule has 0 atom stereocenters. The molecule has 3 aromatic rings. The van der Waals surface area contributed by atoms with E-state index in [0.29, 0.717) is 28.4 Å². The predicted molar refractivity (Wildman–Crippen MR) is 111 cm³/mol. The fraction of sp³-hybridized carbons (Fsp3) is 0.318. The average Bonchev–Trinajstić information content (AvgIpc) is 3.23. The van der Waals surface area contributed by atoms with Gasteiger partial charge in [-0.25, -0.2) is 0 Å². The maximum atomic E-state index is 12.4. The largest absolute Gasteiger partial charge is 0.484 e. The fourth-order valence-corrected chi connectivity index (χ4v) is 3.49. The highest BCUT2D eigenvalue weighted by atomic mass is 35.5. The number of ether oxygens (including phenoxy) is 1. The minimum atomic E-state index is 0.0186. The molecule has 29 heavy (non-hydrogen) atoms. The van der Waals surface area contributed by atoms with Gasteiger partial charge in [0.1, 0.15) is 5.75 Å². The predicted octanol–water partition coefficient (Wildman–Crippen LogP) is 4.69. The van der Waals surface area contributed by atoms with Crippen molar-refractivity contribution < 1.29 is 14.1 Å². The highest BCUT2D eigenvalue weighted by Gasteiger charge is 2.20. The average molecular weight is 412 g/mol. The smallest absolute Gasteiger partial charge is 0.260 e. The fourth-order valence-electron chi connectivity index (χ4n) is 3.30. The maximum Gasteiger partial charge on any atom is 0.260 e. The summed E-state index contributed by atoms with van der Waals surface area (Å²) >= 11 is 6.03. The van der Waals surface area contributed by atoms with Crippen LogP contribution in [0.1, 0.15) is 19.8 Å². The molecule has 0 N–H and O–H groups in total. The second-order valence-corrected chi connectivity index (χ2v) is 7.75. The number of hydrogen-bond acceptors (Lipinski definition) is 5. The molecule has 0 spiro atoms. The minimum Gasteiger partial charge on any atom is -0.484 e. The molecular formula is C22H22ClN3O3. The Kier molecular flexibility index (Phi) is 5.81. The number of likely N-dealkylation sites (tertiary alicyclic amines) is 1. The molecule has 2 heterocycles.